The third-order valence-electron chi connectivity index (χ3n) is 1.39. The van der Waals surface area contributed by atoms with Crippen molar-refractivity contribution in [2.24, 2.45) is 0 Å². The van der Waals surface area contributed by atoms with Crippen LogP contribution in [0.3, 0.4) is 0 Å². The maximum absolute atomic E-state index is 5.49. The van der Waals surface area contributed by atoms with Crippen LogP contribution in [0.15, 0.2) is 12.3 Å². The molecule has 1 nitrogen and oxygen atoms in total. The van der Waals surface area contributed by atoms with Crippen LogP contribution in [0.1, 0.15) is 26.7 Å². The number of halogens is 1. The lowest BCUT2D eigenvalue weighted by atomic mass is 10.2. The van der Waals surface area contributed by atoms with Gasteiger partial charge in [0.1, 0.15) is 5.76 Å². The molecule has 0 atom stereocenters. The molecule has 0 spiro atoms. The zero-order valence-electron chi connectivity index (χ0n) is 6.69. The second-order valence-corrected chi connectivity index (χ2v) is 2.50. The fourth-order valence-corrected chi connectivity index (χ4v) is 0.786. The van der Waals surface area contributed by atoms with Crippen LogP contribution in [-0.4, -0.2) is 12.0 Å². The summed E-state index contributed by atoms with van der Waals surface area (Å²) in [4.78, 5) is 0. The van der Waals surface area contributed by atoms with Gasteiger partial charge in [-0.1, -0.05) is 20.4 Å². The van der Waals surface area contributed by atoms with Crippen molar-refractivity contribution in [3.8, 4) is 0 Å². The number of hydrogen-bond acceptors (Lipinski definition) is 1. The summed E-state index contributed by atoms with van der Waals surface area (Å²) in [6, 6.07) is 0. The second kappa shape index (κ2) is 5.60. The average Bonchev–Trinajstić information content (AvgIpc) is 1.99. The van der Waals surface area contributed by atoms with E-state index >= 15 is 0 Å². The van der Waals surface area contributed by atoms with Crippen LogP contribution in [0.25, 0.3) is 0 Å². The minimum Gasteiger partial charge on any atom is -0.494 e. The Bertz CT molecular complexity index is 97.4. The van der Waals surface area contributed by atoms with Crippen molar-refractivity contribution in [3.63, 3.8) is 0 Å². The first-order valence-corrected chi connectivity index (χ1v) is 4.18. The van der Waals surface area contributed by atoms with Gasteiger partial charge in [-0.3, -0.25) is 0 Å². The Labute approximate surface area is 68.0 Å². The predicted octanol–water partition coefficient (Wildman–Crippen LogP) is 2.94. The van der Waals surface area contributed by atoms with E-state index < -0.39 is 0 Å². The zero-order valence-corrected chi connectivity index (χ0v) is 7.45. The molecule has 0 N–H and O–H groups in total. The van der Waals surface area contributed by atoms with E-state index in [2.05, 4.69) is 20.4 Å². The highest BCUT2D eigenvalue weighted by Crippen LogP contribution is 2.08. The molecule has 0 aliphatic carbocycles. The highest BCUT2D eigenvalue weighted by molar-refractivity contribution is 6.19. The van der Waals surface area contributed by atoms with Crippen LogP contribution in [0.4, 0.5) is 0 Å². The summed E-state index contributed by atoms with van der Waals surface area (Å²) in [7, 11) is 0. The fraction of sp³-hybridized carbons (Fsp3) is 0.750. The molecule has 60 valence electrons. The molecular formula is C8H15ClO. The van der Waals surface area contributed by atoms with E-state index in [0.29, 0.717) is 17.7 Å². The number of allylic oxidation sites excluding steroid dienone is 1. The van der Waals surface area contributed by atoms with Gasteiger partial charge < -0.3 is 4.74 Å². The Hall–Kier alpha value is -0.170. The highest BCUT2D eigenvalue weighted by Gasteiger charge is 2.03. The van der Waals surface area contributed by atoms with E-state index in [0.717, 1.165) is 12.8 Å². The molecule has 10 heavy (non-hydrogen) atoms. The summed E-state index contributed by atoms with van der Waals surface area (Å²) >= 11 is 5.49. The molecule has 2 heteroatoms. The third-order valence-corrected chi connectivity index (χ3v) is 1.69. The van der Waals surface area contributed by atoms with Crippen LogP contribution in [0, 0.1) is 0 Å². The van der Waals surface area contributed by atoms with Gasteiger partial charge in [0, 0.05) is 0 Å². The van der Waals surface area contributed by atoms with E-state index in [-0.39, 0.29) is 0 Å². The number of alkyl halides is 1. The lowest BCUT2D eigenvalue weighted by molar-refractivity contribution is 0.112. The summed E-state index contributed by atoms with van der Waals surface area (Å²) in [6.07, 6.45) is 2.34. The smallest absolute Gasteiger partial charge is 0.104 e. The number of rotatable bonds is 5. The van der Waals surface area contributed by atoms with Crippen molar-refractivity contribution in [2.75, 3.05) is 5.88 Å². The van der Waals surface area contributed by atoms with Gasteiger partial charge in [0.15, 0.2) is 0 Å². The third kappa shape index (κ3) is 3.78. The summed E-state index contributed by atoms with van der Waals surface area (Å²) in [6.45, 7) is 7.84. The van der Waals surface area contributed by atoms with E-state index in [4.69, 9.17) is 16.3 Å². The van der Waals surface area contributed by atoms with Gasteiger partial charge in [-0.05, 0) is 12.8 Å². The lowest BCUT2D eigenvalue weighted by Crippen LogP contribution is -2.09. The van der Waals surface area contributed by atoms with Crippen LogP contribution in [0.5, 0.6) is 0 Å². The van der Waals surface area contributed by atoms with Gasteiger partial charge in [-0.25, -0.2) is 0 Å². The molecular weight excluding hydrogens is 148 g/mol. The molecule has 0 saturated carbocycles. The number of ether oxygens (including phenoxy) is 1. The average molecular weight is 163 g/mol. The summed E-state index contributed by atoms with van der Waals surface area (Å²) < 4.78 is 5.37. The molecule has 0 saturated heterocycles. The first-order chi connectivity index (χ1) is 4.74. The molecule has 0 aromatic heterocycles. The molecule has 0 aliphatic heterocycles. The normalized spacial score (nSPS) is 10.0. The molecule has 0 aromatic carbocycles. The first-order valence-electron chi connectivity index (χ1n) is 3.64. The van der Waals surface area contributed by atoms with Crippen LogP contribution in [0.2, 0.25) is 0 Å². The van der Waals surface area contributed by atoms with Gasteiger partial charge in [0.25, 0.3) is 0 Å². The van der Waals surface area contributed by atoms with Crippen LogP contribution < -0.4 is 0 Å². The van der Waals surface area contributed by atoms with E-state index in [1.165, 1.54) is 0 Å². The van der Waals surface area contributed by atoms with Gasteiger partial charge >= 0.3 is 0 Å². The summed E-state index contributed by atoms with van der Waals surface area (Å²) in [5.41, 5.74) is 0. The predicted molar refractivity (Wildman–Crippen MR) is 45.3 cm³/mol. The Balaban J connectivity index is 3.52. The SMILES string of the molecule is C=C(CCl)OC(CC)CC. The molecule has 0 rings (SSSR count). The minimum absolute atomic E-state index is 0.297. The monoisotopic (exact) mass is 162 g/mol. The van der Waals surface area contributed by atoms with Crippen molar-refractivity contribution in [1.29, 1.82) is 0 Å². The molecule has 0 radical (unpaired) electrons. The van der Waals surface area contributed by atoms with E-state index in [1.54, 1.807) is 0 Å². The van der Waals surface area contributed by atoms with Gasteiger partial charge in [-0.2, -0.15) is 0 Å². The van der Waals surface area contributed by atoms with Crippen molar-refractivity contribution in [3.05, 3.63) is 12.3 Å². The minimum atomic E-state index is 0.297. The lowest BCUT2D eigenvalue weighted by Gasteiger charge is -2.15. The molecule has 0 aromatic rings. The topological polar surface area (TPSA) is 9.23 Å². The Kier molecular flexibility index (Phi) is 5.51. The maximum atomic E-state index is 5.49. The van der Waals surface area contributed by atoms with E-state index in [1.807, 2.05) is 0 Å². The second-order valence-electron chi connectivity index (χ2n) is 2.23. The van der Waals surface area contributed by atoms with Gasteiger partial charge in [0.2, 0.25) is 0 Å². The summed E-state index contributed by atoms with van der Waals surface area (Å²) in [5.74, 6) is 1.08. The molecule has 0 bridgehead atoms. The standard InChI is InChI=1S/C8H15ClO/c1-4-8(5-2)10-7(3)6-9/h8H,3-6H2,1-2H3. The van der Waals surface area contributed by atoms with Gasteiger partial charge in [-0.15, -0.1) is 11.6 Å². The van der Waals surface area contributed by atoms with Crippen LogP contribution in [-0.2, 0) is 4.74 Å². The number of hydrogen-bond donors (Lipinski definition) is 0. The largest absolute Gasteiger partial charge is 0.494 e. The molecule has 0 fully saturated rings. The van der Waals surface area contributed by atoms with Gasteiger partial charge in [0.05, 0.1) is 12.0 Å². The summed E-state index contributed by atoms with van der Waals surface area (Å²) in [5, 5.41) is 0. The van der Waals surface area contributed by atoms with Crippen molar-refractivity contribution < 1.29 is 4.74 Å². The Morgan fingerprint density at radius 3 is 2.30 bits per heavy atom. The van der Waals surface area contributed by atoms with Crippen molar-refractivity contribution in [1.82, 2.24) is 0 Å². The first kappa shape index (κ1) is 9.83. The van der Waals surface area contributed by atoms with E-state index in [9.17, 15) is 0 Å². The molecule has 0 aliphatic rings. The Morgan fingerprint density at radius 2 is 2.00 bits per heavy atom. The highest BCUT2D eigenvalue weighted by atomic mass is 35.5. The van der Waals surface area contributed by atoms with Crippen molar-refractivity contribution >= 4 is 11.6 Å². The molecule has 0 unspecified atom stereocenters. The van der Waals surface area contributed by atoms with Crippen molar-refractivity contribution in [2.45, 2.75) is 32.8 Å². The quantitative estimate of drug-likeness (QED) is 0.446. The Morgan fingerprint density at radius 1 is 1.50 bits per heavy atom. The molecule has 0 amide bonds. The zero-order chi connectivity index (χ0) is 7.98. The van der Waals surface area contributed by atoms with Crippen LogP contribution >= 0.6 is 11.6 Å². The maximum Gasteiger partial charge on any atom is 0.104 e. The fourth-order valence-electron chi connectivity index (χ4n) is 0.723. The molecule has 0 heterocycles.